The van der Waals surface area contributed by atoms with Crippen molar-refractivity contribution in [2.75, 3.05) is 22.0 Å². The number of aromatic amines is 2. The molecule has 2 aliphatic carbocycles. The molecule has 0 bridgehead atoms. The Balaban J connectivity index is 0.000000181. The highest BCUT2D eigenvalue weighted by Crippen LogP contribution is 2.40. The maximum Gasteiger partial charge on any atom is 0.409 e. The first-order chi connectivity index (χ1) is 28.5. The summed E-state index contributed by atoms with van der Waals surface area (Å²) < 4.78 is 64.2. The molecule has 18 nitrogen and oxygen atoms in total. The molecule has 4 aromatic rings. The van der Waals surface area contributed by atoms with Crippen molar-refractivity contribution in [2.45, 2.75) is 120 Å². The Bertz CT molecular complexity index is 2410. The fraction of sp³-hybridized carbons (Fsp3) is 0.500. The van der Waals surface area contributed by atoms with E-state index < -0.39 is 20.1 Å². The van der Waals surface area contributed by atoms with Gasteiger partial charge in [0.15, 0.2) is 27.2 Å². The van der Waals surface area contributed by atoms with Crippen molar-refractivity contribution in [1.82, 2.24) is 31.0 Å². The molecule has 4 heterocycles. The molecule has 6 N–H and O–H groups in total. The highest BCUT2D eigenvalue weighted by atomic mass is 32.2. The number of anilines is 5. The zero-order valence-electron chi connectivity index (χ0n) is 34.3. The molecule has 2 aromatic carbocycles. The van der Waals surface area contributed by atoms with Gasteiger partial charge in [-0.1, -0.05) is 6.07 Å². The third kappa shape index (κ3) is 10.6. The third-order valence-electron chi connectivity index (χ3n) is 10.8. The number of carbonyl (C=O) groups is 2. The summed E-state index contributed by atoms with van der Waals surface area (Å²) >= 11 is 0. The quantitative estimate of drug-likeness (QED) is 0.0970. The largest absolute Gasteiger partial charge is 0.446 e. The Morgan fingerprint density at radius 3 is 1.88 bits per heavy atom. The molecule has 2 saturated carbocycles. The van der Waals surface area contributed by atoms with E-state index in [0.717, 1.165) is 77.5 Å². The number of aromatic nitrogens is 4. The van der Waals surface area contributed by atoms with Crippen molar-refractivity contribution >= 4 is 61.0 Å². The van der Waals surface area contributed by atoms with Gasteiger partial charge in [0.2, 0.25) is 0 Å². The number of carbonyl (C=O) groups excluding carboxylic acids is 2. The van der Waals surface area contributed by atoms with E-state index in [2.05, 4.69) is 41.7 Å². The van der Waals surface area contributed by atoms with E-state index >= 15 is 0 Å². The van der Waals surface area contributed by atoms with Gasteiger partial charge in [-0.2, -0.15) is 18.6 Å². The molecular formula is C40H53N9O9S2. The Morgan fingerprint density at radius 1 is 0.717 bits per heavy atom. The second kappa shape index (κ2) is 17.6. The molecule has 4 aliphatic rings. The zero-order chi connectivity index (χ0) is 42.8. The molecular weight excluding hydrogens is 815 g/mol. The van der Waals surface area contributed by atoms with Crippen LogP contribution in [0.4, 0.5) is 38.3 Å². The van der Waals surface area contributed by atoms with Gasteiger partial charge in [0.1, 0.15) is 17.9 Å². The van der Waals surface area contributed by atoms with Crippen molar-refractivity contribution in [1.29, 1.82) is 0 Å². The number of H-pyrrole nitrogens is 2. The SMILES string of the molecule is CC(C)NC(=O)OC1CCC(c2cc(Nc3ccc4c(c3)CS(=O)(=O)C4)n[nH]2)CC1.CC(C)NC(=O)O[C@@H]1CC[C@H](c2cc(Nc3ccc4c(c3)N(C)S(=O)(=O)O4)n[nH]2)C1. The first kappa shape index (κ1) is 42.6. The van der Waals surface area contributed by atoms with Crippen LogP contribution in [0.25, 0.3) is 0 Å². The predicted octanol–water partition coefficient (Wildman–Crippen LogP) is 6.74. The maximum absolute atomic E-state index is 11.8. The highest BCUT2D eigenvalue weighted by Gasteiger charge is 2.33. The minimum absolute atomic E-state index is 0.0387. The molecule has 324 valence electrons. The summed E-state index contributed by atoms with van der Waals surface area (Å²) in [5.74, 6) is 2.44. The van der Waals surface area contributed by atoms with Crippen molar-refractivity contribution in [2.24, 2.45) is 0 Å². The number of nitrogens with one attached hydrogen (secondary N) is 6. The zero-order valence-corrected chi connectivity index (χ0v) is 35.9. The van der Waals surface area contributed by atoms with E-state index in [-0.39, 0.29) is 53.9 Å². The van der Waals surface area contributed by atoms with Gasteiger partial charge in [-0.05, 0) is 114 Å². The molecule has 8 rings (SSSR count). The topological polar surface area (TPSA) is 239 Å². The minimum Gasteiger partial charge on any atom is -0.446 e. The van der Waals surface area contributed by atoms with Crippen LogP contribution < -0.4 is 29.8 Å². The van der Waals surface area contributed by atoms with Crippen LogP contribution in [0.1, 0.15) is 107 Å². The lowest BCUT2D eigenvalue weighted by Crippen LogP contribution is -2.34. The number of rotatable bonds is 10. The minimum atomic E-state index is -3.76. The second-order valence-electron chi connectivity index (χ2n) is 16.4. The molecule has 0 spiro atoms. The van der Waals surface area contributed by atoms with Gasteiger partial charge in [0, 0.05) is 65.9 Å². The first-order valence-electron chi connectivity index (χ1n) is 20.2. The number of hydrogen-bond donors (Lipinski definition) is 6. The van der Waals surface area contributed by atoms with Gasteiger partial charge in [-0.3, -0.25) is 10.2 Å². The fourth-order valence-corrected chi connectivity index (χ4v) is 10.3. The predicted molar refractivity (Wildman–Crippen MR) is 226 cm³/mol. The van der Waals surface area contributed by atoms with Crippen molar-refractivity contribution in [3.8, 4) is 5.75 Å². The normalized spacial score (nSPS) is 22.2. The summed E-state index contributed by atoms with van der Waals surface area (Å²) in [5, 5.41) is 26.8. The number of fused-ring (bicyclic) bond motifs is 2. The summed E-state index contributed by atoms with van der Waals surface area (Å²) in [6.07, 6.45) is 5.10. The van der Waals surface area contributed by atoms with Gasteiger partial charge in [0.25, 0.3) is 0 Å². The second-order valence-corrected chi connectivity index (χ2v) is 20.0. The smallest absolute Gasteiger partial charge is 0.409 e. The number of sulfone groups is 1. The molecule has 2 atom stereocenters. The van der Waals surface area contributed by atoms with Gasteiger partial charge in [-0.25, -0.2) is 22.3 Å². The van der Waals surface area contributed by atoms with Crippen molar-refractivity contribution in [3.63, 3.8) is 0 Å². The summed E-state index contributed by atoms with van der Waals surface area (Å²) in [6.45, 7) is 7.60. The lowest BCUT2D eigenvalue weighted by Gasteiger charge is -2.27. The highest BCUT2D eigenvalue weighted by molar-refractivity contribution is 7.90. The first-order valence-corrected chi connectivity index (χ1v) is 23.4. The van der Waals surface area contributed by atoms with E-state index in [1.54, 1.807) is 18.2 Å². The van der Waals surface area contributed by atoms with Crippen LogP contribution in [0.5, 0.6) is 5.75 Å². The molecule has 0 unspecified atom stereocenters. The monoisotopic (exact) mass is 867 g/mol. The molecule has 2 amide bonds. The van der Waals surface area contributed by atoms with E-state index in [1.807, 2.05) is 58.0 Å². The lowest BCUT2D eigenvalue weighted by atomic mass is 9.85. The third-order valence-corrected chi connectivity index (χ3v) is 13.6. The van der Waals surface area contributed by atoms with Crippen LogP contribution in [0.3, 0.4) is 0 Å². The van der Waals surface area contributed by atoms with Crippen molar-refractivity contribution < 1.29 is 40.1 Å². The molecule has 60 heavy (non-hydrogen) atoms. The molecule has 2 aromatic heterocycles. The van der Waals surface area contributed by atoms with Gasteiger partial charge >= 0.3 is 22.5 Å². The molecule has 0 saturated heterocycles. The fourth-order valence-electron chi connectivity index (χ4n) is 7.88. The van der Waals surface area contributed by atoms with Crippen LogP contribution in [0, 0.1) is 0 Å². The summed E-state index contributed by atoms with van der Waals surface area (Å²) in [7, 11) is -5.32. The maximum atomic E-state index is 11.8. The summed E-state index contributed by atoms with van der Waals surface area (Å²) in [5.41, 5.74) is 5.75. The van der Waals surface area contributed by atoms with E-state index in [4.69, 9.17) is 13.7 Å². The summed E-state index contributed by atoms with van der Waals surface area (Å²) in [6, 6.07) is 14.7. The number of benzene rings is 2. The van der Waals surface area contributed by atoms with E-state index in [1.165, 1.54) is 7.05 Å². The van der Waals surface area contributed by atoms with Crippen LogP contribution in [0.15, 0.2) is 48.5 Å². The Hall–Kier alpha value is -5.50. The van der Waals surface area contributed by atoms with Crippen molar-refractivity contribution in [3.05, 3.63) is 71.0 Å². The Labute approximate surface area is 350 Å². The van der Waals surface area contributed by atoms with E-state index in [0.29, 0.717) is 34.7 Å². The van der Waals surface area contributed by atoms with Crippen LogP contribution >= 0.6 is 0 Å². The molecule has 20 heteroatoms. The number of ether oxygens (including phenoxy) is 2. The molecule has 2 aliphatic heterocycles. The number of hydrogen-bond acceptors (Lipinski definition) is 13. The summed E-state index contributed by atoms with van der Waals surface area (Å²) in [4.78, 5) is 23.6. The molecule has 0 radical (unpaired) electrons. The van der Waals surface area contributed by atoms with Crippen LogP contribution in [0.2, 0.25) is 0 Å². The van der Waals surface area contributed by atoms with E-state index in [9.17, 15) is 26.4 Å². The molecule has 2 fully saturated rings. The van der Waals surface area contributed by atoms with Gasteiger partial charge in [-0.15, -0.1) is 0 Å². The number of nitrogens with zero attached hydrogens (tertiary/aromatic N) is 3. The van der Waals surface area contributed by atoms with Crippen LogP contribution in [-0.4, -0.2) is 80.8 Å². The lowest BCUT2D eigenvalue weighted by molar-refractivity contribution is 0.0696. The number of alkyl carbamates (subject to hydrolysis) is 2. The Kier molecular flexibility index (Phi) is 12.5. The average molecular weight is 868 g/mol. The van der Waals surface area contributed by atoms with Gasteiger partial charge in [0.05, 0.1) is 11.5 Å². The standard InChI is InChI=1S/C21H28N4O4S.C19H25N5O5S/c1-13(2)22-21(26)29-18-7-4-14(5-8-18)19-10-20(25-24-19)23-17-6-3-15-11-30(27,28)12-16(15)9-17;1-11(2)20-19(25)28-14-6-4-12(8-14)15-10-18(23-22-15)21-13-5-7-17-16(9-13)24(3)30(26,27)29-17/h3,6,9-10,13-14,18H,4-5,7-8,11-12H2,1-2H3,(H,22,26)(H2,23,24,25);5,7,9-12,14H,4,6,8H2,1-3H3,(H,20,25)(H2,21,22,23)/t;12-,14+/m.0/s1. The number of amides is 2. The average Bonchev–Trinajstić information content (AvgIpc) is 4.00. The Morgan fingerprint density at radius 2 is 1.25 bits per heavy atom. The van der Waals surface area contributed by atoms with Crippen LogP contribution in [-0.2, 0) is 41.1 Å². The van der Waals surface area contributed by atoms with Gasteiger partial charge < -0.3 is 34.9 Å².